The second kappa shape index (κ2) is 8.42. The molecule has 156 valence electrons. The summed E-state index contributed by atoms with van der Waals surface area (Å²) in [5.74, 6) is -5.41. The van der Waals surface area contributed by atoms with Crippen molar-refractivity contribution in [2.45, 2.75) is 0 Å². The van der Waals surface area contributed by atoms with E-state index >= 15 is 0 Å². The Morgan fingerprint density at radius 1 is 0.677 bits per heavy atom. The van der Waals surface area contributed by atoms with Crippen LogP contribution in [0.5, 0.6) is 28.7 Å². The number of fused-ring (bicyclic) bond motifs is 1. The van der Waals surface area contributed by atoms with Gasteiger partial charge in [-0.1, -0.05) is 42.5 Å². The maximum absolute atomic E-state index is 12.1. The van der Waals surface area contributed by atoms with Crippen molar-refractivity contribution in [1.29, 1.82) is 0 Å². The number of allylic oxidation sites excluding steroid dienone is 1. The van der Waals surface area contributed by atoms with Gasteiger partial charge in [-0.15, -0.1) is 0 Å². The molecule has 0 amide bonds. The number of para-hydroxylation sites is 1. The van der Waals surface area contributed by atoms with E-state index in [-0.39, 0.29) is 11.3 Å². The van der Waals surface area contributed by atoms with E-state index in [1.165, 1.54) is 30.3 Å². The minimum absolute atomic E-state index is 0.154. The molecule has 31 heavy (non-hydrogen) atoms. The lowest BCUT2D eigenvalue weighted by molar-refractivity contribution is -0.110. The Balaban J connectivity index is 0.000000194. The molecule has 0 aliphatic heterocycles. The number of hydrogen-bond acceptors (Lipinski definition) is 8. The van der Waals surface area contributed by atoms with Gasteiger partial charge in [-0.25, -0.2) is 0 Å². The molecule has 0 spiro atoms. The van der Waals surface area contributed by atoms with Crippen molar-refractivity contribution in [1.82, 2.24) is 0 Å². The summed E-state index contributed by atoms with van der Waals surface area (Å²) in [6.45, 7) is 0. The van der Waals surface area contributed by atoms with E-state index in [9.17, 15) is 39.9 Å². The number of carbonyl (C=O) groups is 3. The van der Waals surface area contributed by atoms with Crippen LogP contribution in [-0.2, 0) is 4.79 Å². The molecule has 0 radical (unpaired) electrons. The quantitative estimate of drug-likeness (QED) is 0.184. The lowest BCUT2D eigenvalue weighted by Gasteiger charge is -2.10. The van der Waals surface area contributed by atoms with E-state index in [4.69, 9.17) is 0 Å². The SMILES string of the molecule is O=C(c1ccccc1O)c1c(O)cc(O)c(O)c1O.O=C1C=Cc2ccccc2C1=O. The van der Waals surface area contributed by atoms with Gasteiger partial charge in [-0.2, -0.15) is 0 Å². The molecular formula is C23H16O8. The summed E-state index contributed by atoms with van der Waals surface area (Å²) in [6.07, 6.45) is 2.98. The lowest BCUT2D eigenvalue weighted by Crippen LogP contribution is -2.15. The van der Waals surface area contributed by atoms with Crippen LogP contribution in [0.25, 0.3) is 6.08 Å². The Labute approximate surface area is 175 Å². The Hall–Kier alpha value is -4.59. The highest BCUT2D eigenvalue weighted by Crippen LogP contribution is 2.43. The normalized spacial score (nSPS) is 12.0. The van der Waals surface area contributed by atoms with Gasteiger partial charge < -0.3 is 25.5 Å². The molecule has 8 nitrogen and oxygen atoms in total. The molecule has 0 fully saturated rings. The van der Waals surface area contributed by atoms with Gasteiger partial charge in [0.05, 0.1) is 5.56 Å². The third-order valence-electron chi connectivity index (χ3n) is 4.45. The number of aromatic hydroxyl groups is 5. The summed E-state index contributed by atoms with van der Waals surface area (Å²) >= 11 is 0. The zero-order chi connectivity index (χ0) is 22.7. The van der Waals surface area contributed by atoms with Gasteiger partial charge in [0.25, 0.3) is 0 Å². The van der Waals surface area contributed by atoms with Crippen LogP contribution in [-0.4, -0.2) is 42.9 Å². The number of Topliss-reactive ketones (excluding diaryl/α,β-unsaturated/α-hetero) is 1. The van der Waals surface area contributed by atoms with Gasteiger partial charge in [0, 0.05) is 11.6 Å². The fourth-order valence-electron chi connectivity index (χ4n) is 2.88. The summed E-state index contributed by atoms with van der Waals surface area (Å²) in [6, 6.07) is 13.3. The van der Waals surface area contributed by atoms with Crippen LogP contribution < -0.4 is 0 Å². The van der Waals surface area contributed by atoms with Crippen LogP contribution in [0.15, 0.2) is 60.7 Å². The minimum atomic E-state index is -0.953. The van der Waals surface area contributed by atoms with Gasteiger partial charge in [0.15, 0.2) is 11.5 Å². The highest BCUT2D eigenvalue weighted by molar-refractivity contribution is 6.49. The summed E-state index contributed by atoms with van der Waals surface area (Å²) in [5, 5.41) is 47.3. The second-order valence-corrected chi connectivity index (χ2v) is 6.45. The zero-order valence-electron chi connectivity index (χ0n) is 15.8. The molecule has 0 bridgehead atoms. The first-order chi connectivity index (χ1) is 14.7. The van der Waals surface area contributed by atoms with Gasteiger partial charge in [0.2, 0.25) is 23.1 Å². The first-order valence-corrected chi connectivity index (χ1v) is 8.87. The largest absolute Gasteiger partial charge is 0.507 e. The van der Waals surface area contributed by atoms with E-state index in [2.05, 4.69) is 0 Å². The number of carbonyl (C=O) groups excluding carboxylic acids is 3. The van der Waals surface area contributed by atoms with Crippen molar-refractivity contribution < 1.29 is 39.9 Å². The molecule has 0 saturated carbocycles. The third kappa shape index (κ3) is 4.08. The number of hydrogen-bond donors (Lipinski definition) is 5. The zero-order valence-corrected chi connectivity index (χ0v) is 15.8. The van der Waals surface area contributed by atoms with Gasteiger partial charge in [-0.3, -0.25) is 14.4 Å². The molecule has 0 heterocycles. The molecule has 0 atom stereocenters. The molecule has 3 aromatic rings. The Bertz CT molecular complexity index is 1240. The van der Waals surface area contributed by atoms with Crippen LogP contribution in [0, 0.1) is 0 Å². The highest BCUT2D eigenvalue weighted by Gasteiger charge is 2.25. The van der Waals surface area contributed by atoms with E-state index in [0.717, 1.165) is 11.6 Å². The topological polar surface area (TPSA) is 152 Å². The number of phenolic OH excluding ortho intramolecular Hbond substituents is 5. The molecule has 3 aromatic carbocycles. The molecule has 0 saturated heterocycles. The summed E-state index contributed by atoms with van der Waals surface area (Å²) < 4.78 is 0. The standard InChI is InChI=1S/C13H10O6.C10H6O2/c14-7-4-2-1-3-6(7)11(17)10-8(15)5-9(16)12(18)13(10)19;11-9-6-5-7-3-1-2-4-8(7)10(9)12/h1-5,14-16,18-19H;1-6H. The smallest absolute Gasteiger partial charge is 0.233 e. The number of benzene rings is 3. The van der Waals surface area contributed by atoms with Gasteiger partial charge in [0.1, 0.15) is 17.1 Å². The van der Waals surface area contributed by atoms with Gasteiger partial charge in [-0.05, 0) is 23.8 Å². The van der Waals surface area contributed by atoms with Crippen molar-refractivity contribution in [2.75, 3.05) is 0 Å². The van der Waals surface area contributed by atoms with Crippen LogP contribution >= 0.6 is 0 Å². The van der Waals surface area contributed by atoms with E-state index in [1.807, 2.05) is 12.1 Å². The molecule has 4 rings (SSSR count). The predicted molar refractivity (Wildman–Crippen MR) is 109 cm³/mol. The fraction of sp³-hybridized carbons (Fsp3) is 0. The summed E-state index contributed by atoms with van der Waals surface area (Å²) in [7, 11) is 0. The first kappa shape index (κ1) is 21.1. The molecule has 0 unspecified atom stereocenters. The van der Waals surface area contributed by atoms with Crippen LogP contribution in [0.4, 0.5) is 0 Å². The average molecular weight is 420 g/mol. The van der Waals surface area contributed by atoms with Gasteiger partial charge >= 0.3 is 0 Å². The number of rotatable bonds is 2. The molecule has 0 aromatic heterocycles. The summed E-state index contributed by atoms with van der Waals surface area (Å²) in [4.78, 5) is 34.2. The van der Waals surface area contributed by atoms with Crippen molar-refractivity contribution >= 4 is 23.4 Å². The molecule has 8 heteroatoms. The Morgan fingerprint density at radius 2 is 1.32 bits per heavy atom. The van der Waals surface area contributed by atoms with Crippen LogP contribution in [0.3, 0.4) is 0 Å². The molecular weight excluding hydrogens is 404 g/mol. The maximum Gasteiger partial charge on any atom is 0.233 e. The molecule has 5 N–H and O–H groups in total. The highest BCUT2D eigenvalue weighted by atomic mass is 16.3. The minimum Gasteiger partial charge on any atom is -0.507 e. The van der Waals surface area contributed by atoms with E-state index in [1.54, 1.807) is 18.2 Å². The van der Waals surface area contributed by atoms with Crippen molar-refractivity contribution in [2.24, 2.45) is 0 Å². The number of phenols is 5. The molecule has 1 aliphatic rings. The van der Waals surface area contributed by atoms with E-state index < -0.39 is 45.9 Å². The Kier molecular flexibility index (Phi) is 5.74. The van der Waals surface area contributed by atoms with Crippen LogP contribution in [0.1, 0.15) is 31.8 Å². The summed E-state index contributed by atoms with van der Waals surface area (Å²) in [5.41, 5.74) is 0.571. The lowest BCUT2D eigenvalue weighted by atomic mass is 9.96. The monoisotopic (exact) mass is 420 g/mol. The van der Waals surface area contributed by atoms with Crippen LogP contribution in [0.2, 0.25) is 0 Å². The second-order valence-electron chi connectivity index (χ2n) is 6.45. The average Bonchev–Trinajstić information content (AvgIpc) is 2.75. The third-order valence-corrected chi connectivity index (χ3v) is 4.45. The molecule has 1 aliphatic carbocycles. The number of ketones is 3. The van der Waals surface area contributed by atoms with Crippen molar-refractivity contribution in [3.05, 3.63) is 82.9 Å². The fourth-order valence-corrected chi connectivity index (χ4v) is 2.88. The van der Waals surface area contributed by atoms with E-state index in [0.29, 0.717) is 5.56 Å². The maximum atomic E-state index is 12.1. The van der Waals surface area contributed by atoms with Crippen molar-refractivity contribution in [3.8, 4) is 28.7 Å². The Morgan fingerprint density at radius 3 is 2.03 bits per heavy atom. The first-order valence-electron chi connectivity index (χ1n) is 8.87. The van der Waals surface area contributed by atoms with Crippen molar-refractivity contribution in [3.63, 3.8) is 0 Å². The predicted octanol–water partition coefficient (Wildman–Crippen LogP) is 2.91.